The number of thioether (sulfide) groups is 1. The van der Waals surface area contributed by atoms with Crippen LogP contribution in [-0.4, -0.2) is 62.5 Å². The first-order valence-electron chi connectivity index (χ1n) is 8.45. The third-order valence-corrected chi connectivity index (χ3v) is 4.98. The first-order chi connectivity index (χ1) is 12.0. The lowest BCUT2D eigenvalue weighted by Gasteiger charge is -2.20. The summed E-state index contributed by atoms with van der Waals surface area (Å²) in [6, 6.07) is 6.96. The van der Waals surface area contributed by atoms with Crippen molar-refractivity contribution in [1.82, 2.24) is 15.5 Å². The van der Waals surface area contributed by atoms with Gasteiger partial charge in [0, 0.05) is 38.4 Å². The zero-order valence-electron chi connectivity index (χ0n) is 15.1. The van der Waals surface area contributed by atoms with Crippen LogP contribution in [0.3, 0.4) is 0 Å². The van der Waals surface area contributed by atoms with E-state index in [1.165, 1.54) is 11.0 Å². The minimum Gasteiger partial charge on any atom is -0.356 e. The van der Waals surface area contributed by atoms with Crippen LogP contribution >= 0.6 is 11.8 Å². The molecule has 1 aromatic carbocycles. The Morgan fingerprint density at radius 1 is 1.32 bits per heavy atom. The molecule has 2 rings (SSSR count). The molecule has 0 aromatic heterocycles. The highest BCUT2D eigenvalue weighted by atomic mass is 32.2. The number of hydrogen-bond donors (Lipinski definition) is 2. The molecule has 5 nitrogen and oxygen atoms in total. The van der Waals surface area contributed by atoms with Gasteiger partial charge in [-0.15, -0.1) is 0 Å². The highest BCUT2D eigenvalue weighted by molar-refractivity contribution is 7.98. The smallest absolute Gasteiger partial charge is 0.243 e. The molecule has 1 saturated carbocycles. The van der Waals surface area contributed by atoms with E-state index in [0.29, 0.717) is 12.5 Å². The average molecular weight is 367 g/mol. The number of halogens is 1. The van der Waals surface area contributed by atoms with Crippen molar-refractivity contribution in [3.05, 3.63) is 35.6 Å². The molecule has 1 fully saturated rings. The molecule has 0 heterocycles. The standard InChI is InChI=1S/C18H27FN4OS/c1-23(2)16(24)12-21-17(20-10-11-25-3)22-13-18(8-9-18)14-6-4-5-7-15(14)19/h4-7H,8-13H2,1-3H3,(H2,20,21,22). The van der Waals surface area contributed by atoms with Crippen LogP contribution in [0.5, 0.6) is 0 Å². The number of benzene rings is 1. The molecule has 0 unspecified atom stereocenters. The summed E-state index contributed by atoms with van der Waals surface area (Å²) in [6.07, 6.45) is 3.95. The predicted molar refractivity (Wildman–Crippen MR) is 103 cm³/mol. The SMILES string of the molecule is CSCCNC(=NCC(=O)N(C)C)NCC1(c2ccccc2F)CC1. The van der Waals surface area contributed by atoms with Gasteiger partial charge in [0.2, 0.25) is 5.91 Å². The van der Waals surface area contributed by atoms with E-state index in [4.69, 9.17) is 0 Å². The molecule has 0 bridgehead atoms. The van der Waals surface area contributed by atoms with Crippen molar-refractivity contribution >= 4 is 23.6 Å². The van der Waals surface area contributed by atoms with Gasteiger partial charge in [-0.25, -0.2) is 9.38 Å². The number of carbonyl (C=O) groups excluding carboxylic acids is 1. The molecule has 1 aromatic rings. The molecule has 0 radical (unpaired) electrons. The van der Waals surface area contributed by atoms with E-state index in [9.17, 15) is 9.18 Å². The highest BCUT2D eigenvalue weighted by Crippen LogP contribution is 2.48. The lowest BCUT2D eigenvalue weighted by Crippen LogP contribution is -2.43. The van der Waals surface area contributed by atoms with Gasteiger partial charge >= 0.3 is 0 Å². The second kappa shape index (κ2) is 9.08. The lowest BCUT2D eigenvalue weighted by atomic mass is 9.95. The summed E-state index contributed by atoms with van der Waals surface area (Å²) in [7, 11) is 3.42. The fourth-order valence-electron chi connectivity index (χ4n) is 2.57. The van der Waals surface area contributed by atoms with Gasteiger partial charge in [-0.1, -0.05) is 18.2 Å². The van der Waals surface area contributed by atoms with Gasteiger partial charge in [-0.3, -0.25) is 4.79 Å². The Bertz CT molecular complexity index is 617. The molecule has 0 spiro atoms. The summed E-state index contributed by atoms with van der Waals surface area (Å²) in [5.41, 5.74) is 0.592. The van der Waals surface area contributed by atoms with Crippen LogP contribution < -0.4 is 10.6 Å². The van der Waals surface area contributed by atoms with Crippen LogP contribution in [0.4, 0.5) is 4.39 Å². The molecule has 1 amide bonds. The molecular formula is C18H27FN4OS. The molecule has 1 aliphatic rings. The lowest BCUT2D eigenvalue weighted by molar-refractivity contribution is -0.127. The summed E-state index contributed by atoms with van der Waals surface area (Å²) in [5, 5.41) is 6.53. The fourth-order valence-corrected chi connectivity index (χ4v) is 2.88. The molecule has 25 heavy (non-hydrogen) atoms. The second-order valence-electron chi connectivity index (χ2n) is 6.49. The third kappa shape index (κ3) is 5.63. The van der Waals surface area contributed by atoms with E-state index in [1.54, 1.807) is 31.9 Å². The van der Waals surface area contributed by atoms with Crippen molar-refractivity contribution in [3.63, 3.8) is 0 Å². The number of guanidine groups is 1. The van der Waals surface area contributed by atoms with Crippen molar-refractivity contribution in [2.45, 2.75) is 18.3 Å². The average Bonchev–Trinajstić information content (AvgIpc) is 3.38. The summed E-state index contributed by atoms with van der Waals surface area (Å²) < 4.78 is 14.1. The highest BCUT2D eigenvalue weighted by Gasteiger charge is 2.45. The largest absolute Gasteiger partial charge is 0.356 e. The minimum atomic E-state index is -0.168. The van der Waals surface area contributed by atoms with Crippen molar-refractivity contribution in [2.24, 2.45) is 4.99 Å². The molecular weight excluding hydrogens is 339 g/mol. The van der Waals surface area contributed by atoms with Gasteiger partial charge in [0.1, 0.15) is 12.4 Å². The number of rotatable bonds is 8. The molecule has 2 N–H and O–H groups in total. The Morgan fingerprint density at radius 3 is 2.64 bits per heavy atom. The van der Waals surface area contributed by atoms with E-state index in [0.717, 1.165) is 30.7 Å². The van der Waals surface area contributed by atoms with Crippen molar-refractivity contribution in [1.29, 1.82) is 0 Å². The first-order valence-corrected chi connectivity index (χ1v) is 9.84. The number of nitrogens with zero attached hydrogens (tertiary/aromatic N) is 2. The minimum absolute atomic E-state index is 0.0544. The van der Waals surface area contributed by atoms with Crippen LogP contribution in [0.25, 0.3) is 0 Å². The number of nitrogens with one attached hydrogen (secondary N) is 2. The maximum atomic E-state index is 14.1. The Morgan fingerprint density at radius 2 is 2.04 bits per heavy atom. The van der Waals surface area contributed by atoms with Gasteiger partial charge in [-0.05, 0) is 30.7 Å². The Kier molecular flexibility index (Phi) is 7.11. The summed E-state index contributed by atoms with van der Waals surface area (Å²) in [6.45, 7) is 1.46. The predicted octanol–water partition coefficient (Wildman–Crippen LogP) is 1.84. The molecule has 1 aliphatic carbocycles. The maximum Gasteiger partial charge on any atom is 0.243 e. The van der Waals surface area contributed by atoms with E-state index in [-0.39, 0.29) is 23.7 Å². The quantitative estimate of drug-likeness (QED) is 0.419. The van der Waals surface area contributed by atoms with E-state index < -0.39 is 0 Å². The van der Waals surface area contributed by atoms with Crippen molar-refractivity contribution in [2.75, 3.05) is 45.7 Å². The Hall–Kier alpha value is -1.76. The number of likely N-dealkylation sites (N-methyl/N-ethyl adjacent to an activating group) is 1. The first kappa shape index (κ1) is 19.6. The molecule has 0 aliphatic heterocycles. The zero-order valence-corrected chi connectivity index (χ0v) is 16.0. The Labute approximate surface area is 153 Å². The molecule has 138 valence electrons. The van der Waals surface area contributed by atoms with E-state index >= 15 is 0 Å². The normalized spacial score (nSPS) is 15.6. The number of aliphatic imine (C=N–C) groups is 1. The van der Waals surface area contributed by atoms with Crippen molar-refractivity contribution < 1.29 is 9.18 Å². The van der Waals surface area contributed by atoms with Gasteiger partial charge in [0.25, 0.3) is 0 Å². The van der Waals surface area contributed by atoms with Crippen molar-refractivity contribution in [3.8, 4) is 0 Å². The van der Waals surface area contributed by atoms with Crippen LogP contribution in [-0.2, 0) is 10.2 Å². The van der Waals surface area contributed by atoms with Gasteiger partial charge in [0.15, 0.2) is 5.96 Å². The fraction of sp³-hybridized carbons (Fsp3) is 0.556. The van der Waals surface area contributed by atoms with Gasteiger partial charge in [-0.2, -0.15) is 11.8 Å². The zero-order chi connectivity index (χ0) is 18.3. The van der Waals surface area contributed by atoms with Crippen LogP contribution in [0.1, 0.15) is 18.4 Å². The molecule has 0 saturated heterocycles. The van der Waals surface area contributed by atoms with E-state index in [2.05, 4.69) is 15.6 Å². The third-order valence-electron chi connectivity index (χ3n) is 4.36. The number of carbonyl (C=O) groups is 1. The maximum absolute atomic E-state index is 14.1. The van der Waals surface area contributed by atoms with E-state index in [1.807, 2.05) is 18.4 Å². The topological polar surface area (TPSA) is 56.7 Å². The van der Waals surface area contributed by atoms with Crippen LogP contribution in [0, 0.1) is 5.82 Å². The summed E-state index contributed by atoms with van der Waals surface area (Å²) in [5.74, 6) is 1.34. The second-order valence-corrected chi connectivity index (χ2v) is 7.47. The summed E-state index contributed by atoms with van der Waals surface area (Å²) >= 11 is 1.74. The summed E-state index contributed by atoms with van der Waals surface area (Å²) in [4.78, 5) is 17.6. The Balaban J connectivity index is 2.00. The monoisotopic (exact) mass is 366 g/mol. The van der Waals surface area contributed by atoms with Gasteiger partial charge < -0.3 is 15.5 Å². The molecule has 0 atom stereocenters. The number of amides is 1. The van der Waals surface area contributed by atoms with Crippen LogP contribution in [0.15, 0.2) is 29.3 Å². The number of hydrogen-bond acceptors (Lipinski definition) is 3. The van der Waals surface area contributed by atoms with Crippen LogP contribution in [0.2, 0.25) is 0 Å². The molecule has 7 heteroatoms. The van der Waals surface area contributed by atoms with Gasteiger partial charge in [0.05, 0.1) is 0 Å².